The number of aromatic nitrogens is 1. The van der Waals surface area contributed by atoms with Gasteiger partial charge in [0, 0.05) is 5.38 Å². The predicted octanol–water partition coefficient (Wildman–Crippen LogP) is 3.31. The Morgan fingerprint density at radius 1 is 1.64 bits per heavy atom. The largest absolute Gasteiger partial charge is 0.467 e. The molecule has 2 aromatic heterocycles. The molecule has 0 unspecified atom stereocenters. The second-order valence-corrected chi connectivity index (χ2v) is 4.31. The average molecular weight is 229 g/mol. The SMILES string of the molecule is Cc1ccoc1CNc1csc(Cl)n1. The normalized spacial score (nSPS) is 10.4. The first-order valence-electron chi connectivity index (χ1n) is 4.13. The molecule has 0 bridgehead atoms. The minimum absolute atomic E-state index is 0.545. The van der Waals surface area contributed by atoms with Gasteiger partial charge in [-0.1, -0.05) is 11.6 Å². The minimum Gasteiger partial charge on any atom is -0.467 e. The van der Waals surface area contributed by atoms with Gasteiger partial charge in [-0.15, -0.1) is 11.3 Å². The van der Waals surface area contributed by atoms with Gasteiger partial charge in [-0.25, -0.2) is 4.98 Å². The van der Waals surface area contributed by atoms with Crippen molar-refractivity contribution in [1.82, 2.24) is 4.98 Å². The Bertz CT molecular complexity index is 424. The van der Waals surface area contributed by atoms with E-state index in [9.17, 15) is 0 Å². The molecule has 0 aliphatic heterocycles. The van der Waals surface area contributed by atoms with Crippen molar-refractivity contribution in [2.24, 2.45) is 0 Å². The predicted molar refractivity (Wildman–Crippen MR) is 57.9 cm³/mol. The minimum atomic E-state index is 0.545. The van der Waals surface area contributed by atoms with Crippen LogP contribution in [-0.2, 0) is 6.54 Å². The van der Waals surface area contributed by atoms with Crippen LogP contribution < -0.4 is 5.32 Å². The van der Waals surface area contributed by atoms with E-state index in [1.54, 1.807) is 6.26 Å². The lowest BCUT2D eigenvalue weighted by atomic mass is 10.3. The van der Waals surface area contributed by atoms with Crippen LogP contribution in [-0.4, -0.2) is 4.98 Å². The fourth-order valence-corrected chi connectivity index (χ4v) is 1.81. The average Bonchev–Trinajstić information content (AvgIpc) is 2.72. The number of furan rings is 1. The van der Waals surface area contributed by atoms with Crippen LogP contribution in [0.4, 0.5) is 5.82 Å². The summed E-state index contributed by atoms with van der Waals surface area (Å²) in [6.45, 7) is 2.65. The Labute approximate surface area is 90.7 Å². The third-order valence-corrected chi connectivity index (χ3v) is 2.85. The van der Waals surface area contributed by atoms with E-state index in [0.717, 1.165) is 17.1 Å². The summed E-state index contributed by atoms with van der Waals surface area (Å²) in [6.07, 6.45) is 1.68. The maximum absolute atomic E-state index is 5.70. The quantitative estimate of drug-likeness (QED) is 0.876. The highest BCUT2D eigenvalue weighted by Gasteiger charge is 2.03. The lowest BCUT2D eigenvalue weighted by molar-refractivity contribution is 0.515. The number of nitrogens with zero attached hydrogens (tertiary/aromatic N) is 1. The smallest absolute Gasteiger partial charge is 0.185 e. The first-order valence-corrected chi connectivity index (χ1v) is 5.39. The molecule has 5 heteroatoms. The molecule has 74 valence electrons. The lowest BCUT2D eigenvalue weighted by Gasteiger charge is -2.00. The Morgan fingerprint density at radius 3 is 3.07 bits per heavy atom. The first-order chi connectivity index (χ1) is 6.75. The highest BCUT2D eigenvalue weighted by atomic mass is 35.5. The summed E-state index contributed by atoms with van der Waals surface area (Å²) < 4.78 is 5.82. The summed E-state index contributed by atoms with van der Waals surface area (Å²) in [5, 5.41) is 5.01. The van der Waals surface area contributed by atoms with Crippen molar-refractivity contribution in [3.8, 4) is 0 Å². The number of halogens is 1. The van der Waals surface area contributed by atoms with Crippen molar-refractivity contribution in [1.29, 1.82) is 0 Å². The van der Waals surface area contributed by atoms with Gasteiger partial charge >= 0.3 is 0 Å². The fraction of sp³-hybridized carbons (Fsp3) is 0.222. The van der Waals surface area contributed by atoms with E-state index in [4.69, 9.17) is 16.0 Å². The molecule has 0 radical (unpaired) electrons. The number of hydrogen-bond donors (Lipinski definition) is 1. The number of thiazole rings is 1. The topological polar surface area (TPSA) is 38.1 Å². The highest BCUT2D eigenvalue weighted by molar-refractivity contribution is 7.14. The third-order valence-electron chi connectivity index (χ3n) is 1.87. The van der Waals surface area contributed by atoms with E-state index in [0.29, 0.717) is 11.0 Å². The van der Waals surface area contributed by atoms with E-state index < -0.39 is 0 Å². The van der Waals surface area contributed by atoms with Gasteiger partial charge < -0.3 is 9.73 Å². The molecule has 2 aromatic rings. The summed E-state index contributed by atoms with van der Waals surface area (Å²) in [4.78, 5) is 4.07. The van der Waals surface area contributed by atoms with Crippen LogP contribution in [0.2, 0.25) is 4.47 Å². The van der Waals surface area contributed by atoms with Crippen LogP contribution in [0.3, 0.4) is 0 Å². The summed E-state index contributed by atoms with van der Waals surface area (Å²) in [5.41, 5.74) is 1.14. The number of aryl methyl sites for hydroxylation is 1. The molecular weight excluding hydrogens is 220 g/mol. The van der Waals surface area contributed by atoms with Crippen molar-refractivity contribution in [3.63, 3.8) is 0 Å². The van der Waals surface area contributed by atoms with Gasteiger partial charge in [0.2, 0.25) is 0 Å². The second-order valence-electron chi connectivity index (χ2n) is 2.87. The maximum Gasteiger partial charge on any atom is 0.185 e. The zero-order valence-electron chi connectivity index (χ0n) is 7.58. The molecule has 0 atom stereocenters. The van der Waals surface area contributed by atoms with Crippen molar-refractivity contribution in [2.45, 2.75) is 13.5 Å². The Balaban J connectivity index is 1.98. The molecule has 2 heterocycles. The van der Waals surface area contributed by atoms with E-state index in [-0.39, 0.29) is 0 Å². The van der Waals surface area contributed by atoms with Crippen LogP contribution in [0.15, 0.2) is 22.1 Å². The van der Waals surface area contributed by atoms with E-state index in [1.807, 2.05) is 18.4 Å². The molecular formula is C9H9ClN2OS. The van der Waals surface area contributed by atoms with E-state index in [2.05, 4.69) is 10.3 Å². The van der Waals surface area contributed by atoms with Gasteiger partial charge in [0.1, 0.15) is 11.6 Å². The van der Waals surface area contributed by atoms with Gasteiger partial charge in [-0.05, 0) is 18.6 Å². The molecule has 0 spiro atoms. The molecule has 14 heavy (non-hydrogen) atoms. The molecule has 0 saturated carbocycles. The lowest BCUT2D eigenvalue weighted by Crippen LogP contribution is -1.99. The molecule has 3 nitrogen and oxygen atoms in total. The number of nitrogens with one attached hydrogen (secondary N) is 1. The van der Waals surface area contributed by atoms with Crippen LogP contribution in [0.5, 0.6) is 0 Å². The van der Waals surface area contributed by atoms with E-state index >= 15 is 0 Å². The first kappa shape index (κ1) is 9.55. The molecule has 0 aromatic carbocycles. The van der Waals surface area contributed by atoms with E-state index in [1.165, 1.54) is 11.3 Å². The van der Waals surface area contributed by atoms with Crippen LogP contribution >= 0.6 is 22.9 Å². The van der Waals surface area contributed by atoms with Gasteiger partial charge in [0.15, 0.2) is 4.47 Å². The fourth-order valence-electron chi connectivity index (χ4n) is 1.09. The molecule has 0 saturated heterocycles. The Kier molecular flexibility index (Phi) is 2.74. The maximum atomic E-state index is 5.70. The molecule has 2 rings (SSSR count). The highest BCUT2D eigenvalue weighted by Crippen LogP contribution is 2.19. The molecule has 0 fully saturated rings. The zero-order chi connectivity index (χ0) is 9.97. The summed E-state index contributed by atoms with van der Waals surface area (Å²) >= 11 is 7.10. The zero-order valence-corrected chi connectivity index (χ0v) is 9.15. The molecule has 0 amide bonds. The summed E-state index contributed by atoms with van der Waals surface area (Å²) in [7, 11) is 0. The van der Waals surface area contributed by atoms with Crippen molar-refractivity contribution < 1.29 is 4.42 Å². The van der Waals surface area contributed by atoms with Crippen LogP contribution in [0.1, 0.15) is 11.3 Å². The molecule has 1 N–H and O–H groups in total. The number of rotatable bonds is 3. The molecule has 0 aliphatic carbocycles. The van der Waals surface area contributed by atoms with Crippen LogP contribution in [0.25, 0.3) is 0 Å². The second kappa shape index (κ2) is 4.02. The van der Waals surface area contributed by atoms with Crippen molar-refractivity contribution >= 4 is 28.8 Å². The van der Waals surface area contributed by atoms with Crippen molar-refractivity contribution in [3.05, 3.63) is 33.5 Å². The Morgan fingerprint density at radius 2 is 2.50 bits per heavy atom. The number of hydrogen-bond acceptors (Lipinski definition) is 4. The standard InChI is InChI=1S/C9H9ClN2OS/c1-6-2-3-13-7(6)4-11-8-5-14-9(10)12-8/h2-3,5,11H,4H2,1H3. The third kappa shape index (κ3) is 2.08. The van der Waals surface area contributed by atoms with Gasteiger partial charge in [-0.3, -0.25) is 0 Å². The van der Waals surface area contributed by atoms with Gasteiger partial charge in [0.05, 0.1) is 12.8 Å². The van der Waals surface area contributed by atoms with Gasteiger partial charge in [-0.2, -0.15) is 0 Å². The monoisotopic (exact) mass is 228 g/mol. The van der Waals surface area contributed by atoms with Gasteiger partial charge in [0.25, 0.3) is 0 Å². The molecule has 0 aliphatic rings. The Hall–Kier alpha value is -1.00. The summed E-state index contributed by atoms with van der Waals surface area (Å²) in [5.74, 6) is 1.71. The van der Waals surface area contributed by atoms with Crippen molar-refractivity contribution in [2.75, 3.05) is 5.32 Å². The summed E-state index contributed by atoms with van der Waals surface area (Å²) in [6, 6.07) is 1.94. The van der Waals surface area contributed by atoms with Crippen LogP contribution in [0, 0.1) is 6.92 Å². The number of anilines is 1.